The standard InChI is InChI=1S/C16H16F2N6O5S/c1-23(2)30(28,29)22-13-9(4-8(17)11(12(13)18)14(19)25)24-6-21-15-10(24)3-7(5-20-15)16(26)27/h3-5,22H,6H2,1-2H3,(H2,19,25)(H,20,21)(H,26,27). The number of nitrogens with zero attached hydrogens (tertiary/aromatic N) is 3. The third kappa shape index (κ3) is 3.57. The summed E-state index contributed by atoms with van der Waals surface area (Å²) >= 11 is 0. The molecule has 11 nitrogen and oxygen atoms in total. The van der Waals surface area contributed by atoms with Crippen molar-refractivity contribution >= 4 is 45.0 Å². The molecule has 1 aliphatic rings. The molecule has 0 radical (unpaired) electrons. The van der Waals surface area contributed by atoms with Crippen LogP contribution in [0.25, 0.3) is 0 Å². The molecule has 1 aromatic heterocycles. The second-order valence-electron chi connectivity index (χ2n) is 6.36. The van der Waals surface area contributed by atoms with Gasteiger partial charge in [-0.05, 0) is 6.07 Å². The average molecular weight is 442 g/mol. The van der Waals surface area contributed by atoms with Gasteiger partial charge in [-0.25, -0.2) is 18.6 Å². The van der Waals surface area contributed by atoms with Gasteiger partial charge in [0.1, 0.15) is 17.1 Å². The summed E-state index contributed by atoms with van der Waals surface area (Å²) in [6, 6.07) is 1.92. The Kier molecular flexibility index (Phi) is 5.22. The number of aromatic nitrogens is 1. The number of anilines is 4. The van der Waals surface area contributed by atoms with Crippen molar-refractivity contribution in [3.8, 4) is 0 Å². The molecule has 0 aliphatic carbocycles. The van der Waals surface area contributed by atoms with E-state index in [9.17, 15) is 27.5 Å². The van der Waals surface area contributed by atoms with Gasteiger partial charge in [-0.3, -0.25) is 9.52 Å². The van der Waals surface area contributed by atoms with Crippen molar-refractivity contribution < 1.29 is 31.9 Å². The van der Waals surface area contributed by atoms with Crippen LogP contribution in [0.15, 0.2) is 18.3 Å². The number of carbonyl (C=O) groups is 2. The van der Waals surface area contributed by atoms with Crippen LogP contribution in [0.5, 0.6) is 0 Å². The lowest BCUT2D eigenvalue weighted by Crippen LogP contribution is -2.31. The summed E-state index contributed by atoms with van der Waals surface area (Å²) in [6.45, 7) is -0.114. The molecule has 160 valence electrons. The first-order valence-corrected chi connectivity index (χ1v) is 9.65. The molecular weight excluding hydrogens is 426 g/mol. The van der Waals surface area contributed by atoms with Gasteiger partial charge in [0.25, 0.3) is 5.91 Å². The molecule has 3 rings (SSSR count). The minimum Gasteiger partial charge on any atom is -0.478 e. The van der Waals surface area contributed by atoms with Crippen LogP contribution in [0.1, 0.15) is 20.7 Å². The molecule has 0 saturated heterocycles. The summed E-state index contributed by atoms with van der Waals surface area (Å²) in [7, 11) is -1.92. The third-order valence-electron chi connectivity index (χ3n) is 4.26. The van der Waals surface area contributed by atoms with Crippen LogP contribution < -0.4 is 20.7 Å². The normalized spacial score (nSPS) is 13.2. The Balaban J connectivity index is 2.25. The van der Waals surface area contributed by atoms with Crippen LogP contribution in [-0.4, -0.2) is 55.5 Å². The first-order chi connectivity index (χ1) is 13.9. The van der Waals surface area contributed by atoms with Crippen LogP contribution in [0, 0.1) is 11.6 Å². The van der Waals surface area contributed by atoms with E-state index in [1.54, 1.807) is 0 Å². The SMILES string of the molecule is CN(C)S(=O)(=O)Nc1c(N2CNc3ncc(C(=O)O)cc32)cc(F)c(C(N)=O)c1F. The zero-order valence-corrected chi connectivity index (χ0v) is 16.4. The number of hydrogen-bond acceptors (Lipinski definition) is 7. The molecule has 2 aromatic rings. The largest absolute Gasteiger partial charge is 0.478 e. The predicted molar refractivity (Wildman–Crippen MR) is 103 cm³/mol. The number of carboxylic acids is 1. The van der Waals surface area contributed by atoms with Gasteiger partial charge in [-0.15, -0.1) is 0 Å². The molecule has 5 N–H and O–H groups in total. The quantitative estimate of drug-likeness (QED) is 0.514. The number of amides is 1. The number of pyridine rings is 1. The molecule has 0 spiro atoms. The van der Waals surface area contributed by atoms with Crippen LogP contribution >= 0.6 is 0 Å². The molecular formula is C16H16F2N6O5S. The Hall–Kier alpha value is -3.52. The fraction of sp³-hybridized carbons (Fsp3) is 0.188. The lowest BCUT2D eigenvalue weighted by molar-refractivity contribution is 0.0696. The highest BCUT2D eigenvalue weighted by Crippen LogP contribution is 2.42. The van der Waals surface area contributed by atoms with Gasteiger partial charge >= 0.3 is 16.2 Å². The van der Waals surface area contributed by atoms with Gasteiger partial charge in [0.05, 0.1) is 23.6 Å². The fourth-order valence-corrected chi connectivity index (χ4v) is 3.36. The summed E-state index contributed by atoms with van der Waals surface area (Å²) < 4.78 is 56.8. The lowest BCUT2D eigenvalue weighted by Gasteiger charge is -2.24. The molecule has 14 heteroatoms. The number of halogens is 2. The minimum absolute atomic E-state index is 0.114. The topological polar surface area (TPSA) is 158 Å². The van der Waals surface area contributed by atoms with E-state index in [1.165, 1.54) is 25.1 Å². The summed E-state index contributed by atoms with van der Waals surface area (Å²) in [5.74, 6) is -5.35. The van der Waals surface area contributed by atoms with Crippen molar-refractivity contribution in [3.63, 3.8) is 0 Å². The van der Waals surface area contributed by atoms with Gasteiger partial charge in [0.15, 0.2) is 11.6 Å². The number of aromatic carboxylic acids is 1. The number of primary amides is 1. The average Bonchev–Trinajstić information content (AvgIpc) is 3.06. The van der Waals surface area contributed by atoms with Gasteiger partial charge in [-0.1, -0.05) is 0 Å². The smallest absolute Gasteiger partial charge is 0.337 e. The van der Waals surface area contributed by atoms with E-state index < -0.39 is 45.0 Å². The van der Waals surface area contributed by atoms with Crippen LogP contribution in [0.4, 0.5) is 31.7 Å². The summed E-state index contributed by atoms with van der Waals surface area (Å²) in [5.41, 5.74) is 2.77. The molecule has 0 fully saturated rings. The van der Waals surface area contributed by atoms with Crippen molar-refractivity contribution in [2.75, 3.05) is 35.7 Å². The second kappa shape index (κ2) is 7.38. The predicted octanol–water partition coefficient (Wildman–Crippen LogP) is 0.896. The highest BCUT2D eigenvalue weighted by molar-refractivity contribution is 7.90. The number of rotatable bonds is 6. The van der Waals surface area contributed by atoms with Crippen molar-refractivity contribution in [1.82, 2.24) is 9.29 Å². The molecule has 0 bridgehead atoms. The van der Waals surface area contributed by atoms with Crippen LogP contribution in [0.2, 0.25) is 0 Å². The fourth-order valence-electron chi connectivity index (χ4n) is 2.73. The number of carboxylic acid groups (broad SMARTS) is 1. The maximum Gasteiger partial charge on any atom is 0.337 e. The Morgan fingerprint density at radius 2 is 1.97 bits per heavy atom. The number of benzene rings is 1. The van der Waals surface area contributed by atoms with E-state index in [2.05, 4.69) is 10.3 Å². The van der Waals surface area contributed by atoms with Crippen LogP contribution in [-0.2, 0) is 10.2 Å². The Bertz CT molecular complexity index is 1170. The summed E-state index contributed by atoms with van der Waals surface area (Å²) in [5, 5.41) is 12.0. The number of nitrogens with two attached hydrogens (primary N) is 1. The zero-order valence-electron chi connectivity index (χ0n) is 15.6. The number of fused-ring (bicyclic) bond motifs is 1. The van der Waals surface area contributed by atoms with Crippen molar-refractivity contribution in [2.24, 2.45) is 5.73 Å². The van der Waals surface area contributed by atoms with Crippen LogP contribution in [0.3, 0.4) is 0 Å². The molecule has 1 aliphatic heterocycles. The highest BCUT2D eigenvalue weighted by atomic mass is 32.2. The molecule has 1 aromatic carbocycles. The first-order valence-electron chi connectivity index (χ1n) is 8.21. The van der Waals surface area contributed by atoms with E-state index in [4.69, 9.17) is 5.73 Å². The van der Waals surface area contributed by atoms with E-state index in [0.717, 1.165) is 16.6 Å². The van der Waals surface area contributed by atoms with Gasteiger partial charge in [0.2, 0.25) is 0 Å². The molecule has 2 heterocycles. The molecule has 30 heavy (non-hydrogen) atoms. The Morgan fingerprint density at radius 3 is 2.53 bits per heavy atom. The molecule has 1 amide bonds. The van der Waals surface area contributed by atoms with Gasteiger partial charge < -0.3 is 21.1 Å². The molecule has 0 saturated carbocycles. The van der Waals surface area contributed by atoms with Gasteiger partial charge in [0, 0.05) is 26.4 Å². The second-order valence-corrected chi connectivity index (χ2v) is 8.24. The minimum atomic E-state index is -4.27. The molecule has 0 atom stereocenters. The van der Waals surface area contributed by atoms with Crippen molar-refractivity contribution in [3.05, 3.63) is 41.1 Å². The maximum absolute atomic E-state index is 15.0. The monoisotopic (exact) mass is 442 g/mol. The number of nitrogens with one attached hydrogen (secondary N) is 2. The van der Waals surface area contributed by atoms with E-state index >= 15 is 4.39 Å². The Morgan fingerprint density at radius 1 is 1.30 bits per heavy atom. The summed E-state index contributed by atoms with van der Waals surface area (Å²) in [6.07, 6.45) is 1.09. The van der Waals surface area contributed by atoms with E-state index in [1.807, 2.05) is 4.72 Å². The van der Waals surface area contributed by atoms with E-state index in [-0.39, 0.29) is 29.4 Å². The maximum atomic E-state index is 15.0. The molecule has 0 unspecified atom stereocenters. The van der Waals surface area contributed by atoms with Crippen molar-refractivity contribution in [2.45, 2.75) is 0 Å². The van der Waals surface area contributed by atoms with Crippen molar-refractivity contribution in [1.29, 1.82) is 0 Å². The lowest BCUT2D eigenvalue weighted by atomic mass is 10.1. The first kappa shape index (κ1) is 21.2. The number of carbonyl (C=O) groups excluding carboxylic acids is 1. The third-order valence-corrected chi connectivity index (χ3v) is 5.68. The Labute approximate surface area is 169 Å². The number of hydrogen-bond donors (Lipinski definition) is 4. The highest BCUT2D eigenvalue weighted by Gasteiger charge is 2.32. The summed E-state index contributed by atoms with van der Waals surface area (Å²) in [4.78, 5) is 27.9. The zero-order chi connectivity index (χ0) is 22.4. The van der Waals surface area contributed by atoms with Gasteiger partial charge in [-0.2, -0.15) is 12.7 Å². The van der Waals surface area contributed by atoms with E-state index in [0.29, 0.717) is 0 Å².